The molecule has 1 saturated carbocycles. The van der Waals surface area contributed by atoms with Gasteiger partial charge in [0.25, 0.3) is 0 Å². The van der Waals surface area contributed by atoms with Gasteiger partial charge in [0.15, 0.2) is 0 Å². The average Bonchev–Trinajstić information content (AvgIpc) is 2.75. The van der Waals surface area contributed by atoms with Crippen molar-refractivity contribution >= 4 is 0 Å². The van der Waals surface area contributed by atoms with Crippen molar-refractivity contribution in [2.45, 2.75) is 64.0 Å². The fourth-order valence-corrected chi connectivity index (χ4v) is 2.67. The average molecular weight is 214 g/mol. The number of methoxy groups -OCH3 is 1. The van der Waals surface area contributed by atoms with Gasteiger partial charge in [-0.25, -0.2) is 0 Å². The van der Waals surface area contributed by atoms with Gasteiger partial charge in [-0.15, -0.1) is 0 Å². The molecule has 0 radical (unpaired) electrons. The number of ether oxygens (including phenoxy) is 1. The Kier molecular flexibility index (Phi) is 5.03. The number of hydrogen-bond donors (Lipinski definition) is 2. The van der Waals surface area contributed by atoms with Gasteiger partial charge in [0.2, 0.25) is 0 Å². The van der Waals surface area contributed by atoms with Crippen molar-refractivity contribution in [3.8, 4) is 0 Å². The van der Waals surface area contributed by atoms with Crippen LogP contribution in [0.1, 0.15) is 52.4 Å². The van der Waals surface area contributed by atoms with Crippen LogP contribution in [0.4, 0.5) is 0 Å². The number of hydrogen-bond acceptors (Lipinski definition) is 3. The largest absolute Gasteiger partial charge is 0.377 e. The van der Waals surface area contributed by atoms with Crippen LogP contribution in [0.2, 0.25) is 0 Å². The highest BCUT2D eigenvalue weighted by Crippen LogP contribution is 2.37. The maximum absolute atomic E-state index is 5.75. The molecule has 3 N–H and O–H groups in total. The molecule has 3 nitrogen and oxygen atoms in total. The standard InChI is InChI=1S/C12H26N2O/c1-4-10(2)9-11(14-13)12(15-3)7-5-6-8-12/h10-11,14H,4-9,13H2,1-3H3. The van der Waals surface area contributed by atoms with Crippen molar-refractivity contribution in [3.63, 3.8) is 0 Å². The zero-order valence-electron chi connectivity index (χ0n) is 10.4. The van der Waals surface area contributed by atoms with Crippen LogP contribution in [0.15, 0.2) is 0 Å². The van der Waals surface area contributed by atoms with Crippen LogP contribution >= 0.6 is 0 Å². The minimum absolute atomic E-state index is 0.00181. The molecule has 0 spiro atoms. The second kappa shape index (κ2) is 5.83. The molecule has 0 aromatic rings. The Hall–Kier alpha value is -0.120. The zero-order chi connectivity index (χ0) is 11.3. The molecule has 1 rings (SSSR count). The smallest absolute Gasteiger partial charge is 0.0844 e. The van der Waals surface area contributed by atoms with Gasteiger partial charge in [-0.05, 0) is 25.2 Å². The lowest BCUT2D eigenvalue weighted by atomic mass is 9.85. The van der Waals surface area contributed by atoms with E-state index in [0.29, 0.717) is 12.0 Å². The monoisotopic (exact) mass is 214 g/mol. The molecule has 15 heavy (non-hydrogen) atoms. The predicted molar refractivity (Wildman–Crippen MR) is 63.4 cm³/mol. The van der Waals surface area contributed by atoms with Gasteiger partial charge in [0, 0.05) is 7.11 Å². The lowest BCUT2D eigenvalue weighted by Crippen LogP contribution is -2.53. The second-order valence-electron chi connectivity index (χ2n) is 4.94. The van der Waals surface area contributed by atoms with E-state index in [1.807, 2.05) is 7.11 Å². The van der Waals surface area contributed by atoms with Crippen LogP contribution in [0.3, 0.4) is 0 Å². The Morgan fingerprint density at radius 2 is 2.00 bits per heavy atom. The van der Waals surface area contributed by atoms with Crippen molar-refractivity contribution in [1.29, 1.82) is 0 Å². The fourth-order valence-electron chi connectivity index (χ4n) is 2.67. The number of hydrazine groups is 1. The molecule has 3 heteroatoms. The first kappa shape index (κ1) is 12.9. The molecule has 0 heterocycles. The lowest BCUT2D eigenvalue weighted by Gasteiger charge is -2.37. The van der Waals surface area contributed by atoms with Crippen LogP contribution < -0.4 is 11.3 Å². The van der Waals surface area contributed by atoms with Gasteiger partial charge < -0.3 is 4.74 Å². The molecular formula is C12H26N2O. The van der Waals surface area contributed by atoms with Gasteiger partial charge >= 0.3 is 0 Å². The molecule has 0 aliphatic heterocycles. The van der Waals surface area contributed by atoms with Gasteiger partial charge in [-0.1, -0.05) is 33.1 Å². The molecule has 90 valence electrons. The summed E-state index contributed by atoms with van der Waals surface area (Å²) >= 11 is 0. The third kappa shape index (κ3) is 2.92. The SMILES string of the molecule is CCC(C)CC(NN)C1(OC)CCCC1. The van der Waals surface area contributed by atoms with E-state index in [-0.39, 0.29) is 5.60 Å². The Balaban J connectivity index is 2.62. The summed E-state index contributed by atoms with van der Waals surface area (Å²) in [5.74, 6) is 6.39. The Morgan fingerprint density at radius 1 is 1.40 bits per heavy atom. The predicted octanol–water partition coefficient (Wildman–Crippen LogP) is 2.21. The topological polar surface area (TPSA) is 47.3 Å². The highest BCUT2D eigenvalue weighted by molar-refractivity contribution is 4.96. The third-order valence-corrected chi connectivity index (χ3v) is 4.03. The van der Waals surface area contributed by atoms with Crippen molar-refractivity contribution in [3.05, 3.63) is 0 Å². The molecular weight excluding hydrogens is 188 g/mol. The van der Waals surface area contributed by atoms with Gasteiger partial charge in [-0.3, -0.25) is 11.3 Å². The highest BCUT2D eigenvalue weighted by Gasteiger charge is 2.41. The number of rotatable bonds is 6. The third-order valence-electron chi connectivity index (χ3n) is 4.03. The highest BCUT2D eigenvalue weighted by atomic mass is 16.5. The van der Waals surface area contributed by atoms with Crippen LogP contribution in [0, 0.1) is 5.92 Å². The molecule has 2 unspecified atom stereocenters. The molecule has 0 aromatic carbocycles. The van der Waals surface area contributed by atoms with Crippen molar-refractivity contribution < 1.29 is 4.74 Å². The molecule has 2 atom stereocenters. The summed E-state index contributed by atoms with van der Waals surface area (Å²) in [6.45, 7) is 4.51. The van der Waals surface area contributed by atoms with E-state index in [1.165, 1.54) is 19.3 Å². The number of nitrogens with two attached hydrogens (primary N) is 1. The molecule has 1 aliphatic carbocycles. The van der Waals surface area contributed by atoms with Crippen LogP contribution in [-0.2, 0) is 4.74 Å². The summed E-state index contributed by atoms with van der Waals surface area (Å²) in [5.41, 5.74) is 2.97. The first-order valence-electron chi connectivity index (χ1n) is 6.19. The summed E-state index contributed by atoms with van der Waals surface area (Å²) in [6, 6.07) is 0.306. The van der Waals surface area contributed by atoms with E-state index in [2.05, 4.69) is 19.3 Å². The Morgan fingerprint density at radius 3 is 2.40 bits per heavy atom. The summed E-state index contributed by atoms with van der Waals surface area (Å²) in [5, 5.41) is 0. The minimum Gasteiger partial charge on any atom is -0.377 e. The maximum atomic E-state index is 5.75. The molecule has 0 amide bonds. The first-order chi connectivity index (χ1) is 7.18. The van der Waals surface area contributed by atoms with Crippen LogP contribution in [0.25, 0.3) is 0 Å². The summed E-state index contributed by atoms with van der Waals surface area (Å²) in [7, 11) is 1.83. The maximum Gasteiger partial charge on any atom is 0.0844 e. The Labute approximate surface area is 93.7 Å². The fraction of sp³-hybridized carbons (Fsp3) is 1.00. The van der Waals surface area contributed by atoms with E-state index in [4.69, 9.17) is 10.6 Å². The first-order valence-corrected chi connectivity index (χ1v) is 6.19. The quantitative estimate of drug-likeness (QED) is 0.526. The van der Waals surface area contributed by atoms with E-state index in [0.717, 1.165) is 19.3 Å². The lowest BCUT2D eigenvalue weighted by molar-refractivity contribution is -0.0413. The van der Waals surface area contributed by atoms with Crippen molar-refractivity contribution in [2.24, 2.45) is 11.8 Å². The minimum atomic E-state index is -0.00181. The van der Waals surface area contributed by atoms with E-state index in [9.17, 15) is 0 Å². The molecule has 0 saturated heterocycles. The molecule has 1 aliphatic rings. The van der Waals surface area contributed by atoms with Gasteiger partial charge in [0.1, 0.15) is 0 Å². The zero-order valence-corrected chi connectivity index (χ0v) is 10.4. The van der Waals surface area contributed by atoms with Crippen LogP contribution in [0.5, 0.6) is 0 Å². The van der Waals surface area contributed by atoms with E-state index >= 15 is 0 Å². The van der Waals surface area contributed by atoms with E-state index in [1.54, 1.807) is 0 Å². The van der Waals surface area contributed by atoms with Gasteiger partial charge in [0.05, 0.1) is 11.6 Å². The van der Waals surface area contributed by atoms with Crippen molar-refractivity contribution in [2.75, 3.05) is 7.11 Å². The molecule has 0 aromatic heterocycles. The van der Waals surface area contributed by atoms with Crippen LogP contribution in [-0.4, -0.2) is 18.8 Å². The summed E-state index contributed by atoms with van der Waals surface area (Å²) in [6.07, 6.45) is 7.15. The summed E-state index contributed by atoms with van der Waals surface area (Å²) < 4.78 is 5.75. The van der Waals surface area contributed by atoms with E-state index < -0.39 is 0 Å². The molecule has 0 bridgehead atoms. The Bertz CT molecular complexity index is 178. The second-order valence-corrected chi connectivity index (χ2v) is 4.94. The molecule has 1 fully saturated rings. The number of nitrogens with one attached hydrogen (secondary N) is 1. The van der Waals surface area contributed by atoms with Crippen molar-refractivity contribution in [1.82, 2.24) is 5.43 Å². The van der Waals surface area contributed by atoms with Gasteiger partial charge in [-0.2, -0.15) is 0 Å². The normalized spacial score (nSPS) is 24.0. The summed E-state index contributed by atoms with van der Waals surface area (Å²) in [4.78, 5) is 0.